The van der Waals surface area contributed by atoms with E-state index in [0.717, 1.165) is 25.0 Å². The Bertz CT molecular complexity index is 333. The van der Waals surface area contributed by atoms with E-state index in [0.29, 0.717) is 12.0 Å². The third-order valence-corrected chi connectivity index (χ3v) is 4.26. The second-order valence-electron chi connectivity index (χ2n) is 5.05. The van der Waals surface area contributed by atoms with Crippen molar-refractivity contribution in [3.63, 3.8) is 0 Å². The molecule has 0 saturated heterocycles. The molecule has 0 amide bonds. The highest BCUT2D eigenvalue weighted by atomic mass is 35.5. The zero-order valence-electron chi connectivity index (χ0n) is 10.0. The molecule has 0 fully saturated rings. The lowest BCUT2D eigenvalue weighted by molar-refractivity contribution is 0.155. The molecule has 1 aliphatic rings. The van der Waals surface area contributed by atoms with E-state index in [-0.39, 0.29) is 5.41 Å². The molecule has 16 heavy (non-hydrogen) atoms. The van der Waals surface area contributed by atoms with Gasteiger partial charge in [-0.05, 0) is 29.9 Å². The maximum atomic E-state index is 6.04. The van der Waals surface area contributed by atoms with E-state index in [1.807, 2.05) is 6.07 Å². The molecule has 0 aliphatic carbocycles. The Labute approximate surface area is 103 Å². The van der Waals surface area contributed by atoms with Crippen LogP contribution in [0.1, 0.15) is 32.3 Å². The molecule has 0 bridgehead atoms. The Morgan fingerprint density at radius 2 is 2.19 bits per heavy atom. The van der Waals surface area contributed by atoms with E-state index in [2.05, 4.69) is 32.0 Å². The van der Waals surface area contributed by atoms with Crippen LogP contribution in [0.4, 0.5) is 0 Å². The standard InChI is InChI=1S/C14H19ClO/c1-3-14(2,10-15)9-12-8-11-6-4-5-7-13(11)16-12/h4-7,12H,3,8-10H2,1-2H3. The number of hydrogen-bond acceptors (Lipinski definition) is 1. The van der Waals surface area contributed by atoms with Gasteiger partial charge in [-0.25, -0.2) is 0 Å². The van der Waals surface area contributed by atoms with Crippen molar-refractivity contribution in [3.05, 3.63) is 29.8 Å². The Kier molecular flexibility index (Phi) is 3.44. The van der Waals surface area contributed by atoms with E-state index in [9.17, 15) is 0 Å². The SMILES string of the molecule is CCC(C)(CCl)CC1Cc2ccccc2O1. The number of hydrogen-bond donors (Lipinski definition) is 0. The van der Waals surface area contributed by atoms with Crippen molar-refractivity contribution in [2.24, 2.45) is 5.41 Å². The highest BCUT2D eigenvalue weighted by Crippen LogP contribution is 2.36. The van der Waals surface area contributed by atoms with Crippen molar-refractivity contribution in [3.8, 4) is 5.75 Å². The number of ether oxygens (including phenoxy) is 1. The van der Waals surface area contributed by atoms with E-state index >= 15 is 0 Å². The largest absolute Gasteiger partial charge is 0.490 e. The van der Waals surface area contributed by atoms with Crippen LogP contribution in [0, 0.1) is 5.41 Å². The van der Waals surface area contributed by atoms with Crippen molar-refractivity contribution < 1.29 is 4.74 Å². The minimum Gasteiger partial charge on any atom is -0.490 e. The van der Waals surface area contributed by atoms with E-state index in [4.69, 9.17) is 16.3 Å². The van der Waals surface area contributed by atoms with Gasteiger partial charge in [0, 0.05) is 12.3 Å². The summed E-state index contributed by atoms with van der Waals surface area (Å²) in [7, 11) is 0. The van der Waals surface area contributed by atoms with Crippen LogP contribution in [0.5, 0.6) is 5.75 Å². The van der Waals surface area contributed by atoms with Gasteiger partial charge in [-0.2, -0.15) is 0 Å². The number of rotatable bonds is 4. The first-order valence-electron chi connectivity index (χ1n) is 5.97. The maximum Gasteiger partial charge on any atom is 0.123 e. The first kappa shape index (κ1) is 11.8. The molecule has 0 aromatic heterocycles. The monoisotopic (exact) mass is 238 g/mol. The fourth-order valence-electron chi connectivity index (χ4n) is 2.21. The summed E-state index contributed by atoms with van der Waals surface area (Å²) in [5.41, 5.74) is 1.54. The number of benzene rings is 1. The van der Waals surface area contributed by atoms with Crippen molar-refractivity contribution in [2.45, 2.75) is 39.2 Å². The number of halogens is 1. The molecule has 0 spiro atoms. The zero-order valence-corrected chi connectivity index (χ0v) is 10.8. The molecule has 1 aliphatic heterocycles. The Morgan fingerprint density at radius 1 is 1.44 bits per heavy atom. The number of fused-ring (bicyclic) bond motifs is 1. The first-order valence-corrected chi connectivity index (χ1v) is 6.51. The van der Waals surface area contributed by atoms with Gasteiger partial charge in [-0.15, -0.1) is 11.6 Å². The van der Waals surface area contributed by atoms with Crippen LogP contribution >= 0.6 is 11.6 Å². The maximum absolute atomic E-state index is 6.04. The van der Waals surface area contributed by atoms with Gasteiger partial charge in [0.05, 0.1) is 0 Å². The minimum absolute atomic E-state index is 0.203. The van der Waals surface area contributed by atoms with Crippen molar-refractivity contribution in [1.82, 2.24) is 0 Å². The van der Waals surface area contributed by atoms with Crippen molar-refractivity contribution >= 4 is 11.6 Å². The molecule has 0 saturated carbocycles. The number of para-hydroxylation sites is 1. The molecule has 1 nitrogen and oxygen atoms in total. The Morgan fingerprint density at radius 3 is 2.81 bits per heavy atom. The van der Waals surface area contributed by atoms with Gasteiger partial charge in [0.1, 0.15) is 11.9 Å². The van der Waals surface area contributed by atoms with Gasteiger partial charge in [-0.1, -0.05) is 32.0 Å². The summed E-state index contributed by atoms with van der Waals surface area (Å²) in [6.45, 7) is 4.44. The summed E-state index contributed by atoms with van der Waals surface area (Å²) in [5, 5.41) is 0. The molecule has 0 radical (unpaired) electrons. The van der Waals surface area contributed by atoms with Crippen LogP contribution in [0.2, 0.25) is 0 Å². The third-order valence-electron chi connectivity index (χ3n) is 3.61. The fraction of sp³-hybridized carbons (Fsp3) is 0.571. The molecule has 2 heteroatoms. The molecule has 2 rings (SSSR count). The molecule has 2 atom stereocenters. The topological polar surface area (TPSA) is 9.23 Å². The normalized spacial score (nSPS) is 22.3. The average Bonchev–Trinajstić information content (AvgIpc) is 2.70. The van der Waals surface area contributed by atoms with Gasteiger partial charge in [0.2, 0.25) is 0 Å². The summed E-state index contributed by atoms with van der Waals surface area (Å²) >= 11 is 6.04. The van der Waals surface area contributed by atoms with Gasteiger partial charge in [0.25, 0.3) is 0 Å². The molecule has 2 unspecified atom stereocenters. The number of alkyl halides is 1. The van der Waals surface area contributed by atoms with Crippen LogP contribution < -0.4 is 4.74 Å². The van der Waals surface area contributed by atoms with Gasteiger partial charge < -0.3 is 4.74 Å². The quantitative estimate of drug-likeness (QED) is 0.720. The van der Waals surface area contributed by atoms with Gasteiger partial charge in [0.15, 0.2) is 0 Å². The molecule has 1 aromatic carbocycles. The van der Waals surface area contributed by atoms with E-state index in [1.165, 1.54) is 5.56 Å². The van der Waals surface area contributed by atoms with Crippen LogP contribution in [0.25, 0.3) is 0 Å². The summed E-state index contributed by atoms with van der Waals surface area (Å²) in [6, 6.07) is 8.31. The zero-order chi connectivity index (χ0) is 11.6. The lowest BCUT2D eigenvalue weighted by atomic mass is 9.83. The average molecular weight is 239 g/mol. The molecule has 88 valence electrons. The van der Waals surface area contributed by atoms with E-state index < -0.39 is 0 Å². The third kappa shape index (κ3) is 2.35. The predicted molar refractivity (Wildman–Crippen MR) is 68.3 cm³/mol. The summed E-state index contributed by atoms with van der Waals surface area (Å²) in [4.78, 5) is 0. The van der Waals surface area contributed by atoms with Gasteiger partial charge >= 0.3 is 0 Å². The van der Waals surface area contributed by atoms with Crippen molar-refractivity contribution in [2.75, 3.05) is 5.88 Å². The molecular formula is C14H19ClO. The smallest absolute Gasteiger partial charge is 0.123 e. The summed E-state index contributed by atoms with van der Waals surface area (Å²) < 4.78 is 5.95. The first-order chi connectivity index (χ1) is 7.67. The van der Waals surface area contributed by atoms with Crippen molar-refractivity contribution in [1.29, 1.82) is 0 Å². The fourth-order valence-corrected chi connectivity index (χ4v) is 2.51. The lowest BCUT2D eigenvalue weighted by Gasteiger charge is -2.28. The van der Waals surface area contributed by atoms with Crippen LogP contribution in [0.15, 0.2) is 24.3 Å². The van der Waals surface area contributed by atoms with Gasteiger partial charge in [-0.3, -0.25) is 0 Å². The van der Waals surface area contributed by atoms with Crippen LogP contribution in [0.3, 0.4) is 0 Å². The minimum atomic E-state index is 0.203. The second-order valence-corrected chi connectivity index (χ2v) is 5.32. The summed E-state index contributed by atoms with van der Waals surface area (Å²) in [6.07, 6.45) is 3.48. The molecular weight excluding hydrogens is 220 g/mol. The molecule has 1 heterocycles. The van der Waals surface area contributed by atoms with Crippen LogP contribution in [-0.4, -0.2) is 12.0 Å². The Hall–Kier alpha value is -0.690. The summed E-state index contributed by atoms with van der Waals surface area (Å²) in [5.74, 6) is 1.76. The molecule has 1 aromatic rings. The van der Waals surface area contributed by atoms with E-state index in [1.54, 1.807) is 0 Å². The highest BCUT2D eigenvalue weighted by Gasteiger charge is 2.30. The van der Waals surface area contributed by atoms with Crippen LogP contribution in [-0.2, 0) is 6.42 Å². The lowest BCUT2D eigenvalue weighted by Crippen LogP contribution is -2.27. The Balaban J connectivity index is 2.02. The highest BCUT2D eigenvalue weighted by molar-refractivity contribution is 6.18. The predicted octanol–water partition coefficient (Wildman–Crippen LogP) is 4.04. The molecule has 0 N–H and O–H groups in total. The second kappa shape index (κ2) is 4.67.